The van der Waals surface area contributed by atoms with Crippen molar-refractivity contribution in [1.29, 1.82) is 0 Å². The van der Waals surface area contributed by atoms with Crippen molar-refractivity contribution in [3.05, 3.63) is 58.7 Å². The van der Waals surface area contributed by atoms with Crippen LogP contribution in [0.3, 0.4) is 0 Å². The summed E-state index contributed by atoms with van der Waals surface area (Å²) in [5, 5.41) is 14.8. The first kappa shape index (κ1) is 16.8. The first-order chi connectivity index (χ1) is 11.9. The average Bonchev–Trinajstić information content (AvgIpc) is 2.58. The minimum absolute atomic E-state index is 0.295. The van der Waals surface area contributed by atoms with Crippen molar-refractivity contribution >= 4 is 23.5 Å². The zero-order valence-corrected chi connectivity index (χ0v) is 14.3. The number of carbonyl (C=O) groups excluding carboxylic acids is 1. The topological polar surface area (TPSA) is 81.7 Å². The van der Waals surface area contributed by atoms with Gasteiger partial charge in [0.15, 0.2) is 0 Å². The molecule has 0 aromatic heterocycles. The van der Waals surface area contributed by atoms with Crippen LogP contribution in [0, 0.1) is 13.8 Å². The Hall–Kier alpha value is -3.02. The van der Waals surface area contributed by atoms with E-state index in [1.807, 2.05) is 44.2 Å². The molecule has 2 aromatic carbocycles. The summed E-state index contributed by atoms with van der Waals surface area (Å²) in [4.78, 5) is 24.7. The molecule has 0 aliphatic carbocycles. The number of benzene rings is 2. The molecule has 1 heterocycles. The largest absolute Gasteiger partial charge is 0.465 e. The van der Waals surface area contributed by atoms with Crippen molar-refractivity contribution in [3.63, 3.8) is 0 Å². The van der Waals surface area contributed by atoms with Gasteiger partial charge in [-0.1, -0.05) is 18.2 Å². The molecule has 0 bridgehead atoms. The van der Waals surface area contributed by atoms with Crippen molar-refractivity contribution < 1.29 is 14.7 Å². The molecule has 0 atom stereocenters. The van der Waals surface area contributed by atoms with Gasteiger partial charge in [0.1, 0.15) is 0 Å². The number of carbonyl (C=O) groups is 2. The van der Waals surface area contributed by atoms with E-state index in [-0.39, 0.29) is 6.03 Å². The fraction of sp³-hybridized carbons (Fsp3) is 0.263. The van der Waals surface area contributed by atoms with E-state index >= 15 is 0 Å². The number of fused-ring (bicyclic) bond motifs is 1. The Labute approximate surface area is 146 Å². The van der Waals surface area contributed by atoms with E-state index in [1.165, 1.54) is 4.90 Å². The normalized spacial score (nSPS) is 13.1. The fourth-order valence-electron chi connectivity index (χ4n) is 2.97. The molecule has 0 spiro atoms. The zero-order valence-electron chi connectivity index (χ0n) is 14.3. The summed E-state index contributed by atoms with van der Waals surface area (Å²) in [6.07, 6.45) is -0.254. The number of nitrogens with zero attached hydrogens (tertiary/aromatic N) is 1. The lowest BCUT2D eigenvalue weighted by atomic mass is 9.99. The van der Waals surface area contributed by atoms with Gasteiger partial charge in [0.2, 0.25) is 0 Å². The minimum atomic E-state index is -0.902. The number of urea groups is 1. The van der Waals surface area contributed by atoms with E-state index in [0.717, 1.165) is 27.9 Å². The van der Waals surface area contributed by atoms with Gasteiger partial charge in [-0.05, 0) is 60.7 Å². The number of aryl methyl sites for hydroxylation is 1. The second-order valence-corrected chi connectivity index (χ2v) is 6.26. The van der Waals surface area contributed by atoms with Crippen LogP contribution < -0.4 is 10.6 Å². The Kier molecular flexibility index (Phi) is 4.61. The van der Waals surface area contributed by atoms with Gasteiger partial charge in [0.05, 0.1) is 0 Å². The fourth-order valence-corrected chi connectivity index (χ4v) is 2.97. The van der Waals surface area contributed by atoms with Gasteiger partial charge in [-0.25, -0.2) is 9.59 Å². The van der Waals surface area contributed by atoms with E-state index < -0.39 is 6.09 Å². The molecule has 0 saturated carbocycles. The van der Waals surface area contributed by atoms with Crippen molar-refractivity contribution in [2.75, 3.05) is 17.2 Å². The number of carboxylic acid groups (broad SMARTS) is 1. The van der Waals surface area contributed by atoms with Crippen molar-refractivity contribution in [2.45, 2.75) is 26.8 Å². The Morgan fingerprint density at radius 2 is 1.88 bits per heavy atom. The number of amides is 3. The van der Waals surface area contributed by atoms with Crippen molar-refractivity contribution in [1.82, 2.24) is 4.90 Å². The highest BCUT2D eigenvalue weighted by Crippen LogP contribution is 2.23. The molecule has 130 valence electrons. The average molecular weight is 339 g/mol. The molecule has 6 heteroatoms. The molecule has 2 aromatic rings. The zero-order chi connectivity index (χ0) is 18.0. The Morgan fingerprint density at radius 3 is 2.64 bits per heavy atom. The van der Waals surface area contributed by atoms with Gasteiger partial charge >= 0.3 is 12.1 Å². The summed E-state index contributed by atoms with van der Waals surface area (Å²) in [6, 6.07) is 11.1. The molecule has 3 amide bonds. The molecule has 0 saturated heterocycles. The molecule has 1 aliphatic heterocycles. The lowest BCUT2D eigenvalue weighted by Gasteiger charge is -2.26. The maximum absolute atomic E-state index is 12.2. The first-order valence-corrected chi connectivity index (χ1v) is 8.18. The quantitative estimate of drug-likeness (QED) is 0.774. The highest BCUT2D eigenvalue weighted by atomic mass is 16.4. The second kappa shape index (κ2) is 6.84. The molecule has 6 nitrogen and oxygen atoms in total. The summed E-state index contributed by atoms with van der Waals surface area (Å²) in [7, 11) is 0. The van der Waals surface area contributed by atoms with Gasteiger partial charge < -0.3 is 20.6 Å². The molecule has 1 aliphatic rings. The lowest BCUT2D eigenvalue weighted by molar-refractivity contribution is 0.140. The van der Waals surface area contributed by atoms with E-state index in [2.05, 4.69) is 10.6 Å². The van der Waals surface area contributed by atoms with Crippen LogP contribution in [0.15, 0.2) is 36.4 Å². The van der Waals surface area contributed by atoms with Crippen LogP contribution in [0.25, 0.3) is 0 Å². The second-order valence-electron chi connectivity index (χ2n) is 6.26. The van der Waals surface area contributed by atoms with Gasteiger partial charge in [-0.2, -0.15) is 0 Å². The van der Waals surface area contributed by atoms with E-state index in [9.17, 15) is 9.59 Å². The number of hydrogen-bond acceptors (Lipinski definition) is 2. The Bertz CT molecular complexity index is 833. The van der Waals surface area contributed by atoms with Crippen molar-refractivity contribution in [2.24, 2.45) is 0 Å². The summed E-state index contributed by atoms with van der Waals surface area (Å²) < 4.78 is 0. The molecule has 0 radical (unpaired) electrons. The van der Waals surface area contributed by atoms with Crippen LogP contribution in [-0.2, 0) is 13.0 Å². The van der Waals surface area contributed by atoms with E-state index in [0.29, 0.717) is 25.2 Å². The van der Waals surface area contributed by atoms with Crippen molar-refractivity contribution in [3.8, 4) is 0 Å². The SMILES string of the molecule is Cc1cccc(NC(=O)Nc2ccc3c(c2)CCN(C(=O)O)C3)c1C. The predicted octanol–water partition coefficient (Wildman–Crippen LogP) is 3.98. The smallest absolute Gasteiger partial charge is 0.407 e. The predicted molar refractivity (Wildman–Crippen MR) is 97.1 cm³/mol. The highest BCUT2D eigenvalue weighted by Gasteiger charge is 2.20. The standard InChI is InChI=1S/C19H21N3O3/c1-12-4-3-5-17(13(12)2)21-18(23)20-16-7-6-15-11-22(19(24)25)9-8-14(15)10-16/h3-7,10H,8-9,11H2,1-2H3,(H,24,25)(H2,20,21,23). The molecule has 0 fully saturated rings. The van der Waals surface area contributed by atoms with Crippen LogP contribution in [0.5, 0.6) is 0 Å². The van der Waals surface area contributed by atoms with E-state index in [4.69, 9.17) is 5.11 Å². The van der Waals surface area contributed by atoms with Crippen LogP contribution in [0.4, 0.5) is 21.0 Å². The van der Waals surface area contributed by atoms with E-state index in [1.54, 1.807) is 6.07 Å². The summed E-state index contributed by atoms with van der Waals surface area (Å²) >= 11 is 0. The van der Waals surface area contributed by atoms with Gasteiger partial charge in [-0.15, -0.1) is 0 Å². The van der Waals surface area contributed by atoms with Crippen LogP contribution in [-0.4, -0.2) is 28.7 Å². The molecule has 3 N–H and O–H groups in total. The first-order valence-electron chi connectivity index (χ1n) is 8.18. The summed E-state index contributed by atoms with van der Waals surface area (Å²) in [5.74, 6) is 0. The van der Waals surface area contributed by atoms with Crippen LogP contribution in [0.1, 0.15) is 22.3 Å². The number of nitrogens with one attached hydrogen (secondary N) is 2. The van der Waals surface area contributed by atoms with Gasteiger partial charge in [-0.3, -0.25) is 0 Å². The molecule has 3 rings (SSSR count). The Morgan fingerprint density at radius 1 is 1.08 bits per heavy atom. The third kappa shape index (κ3) is 3.74. The molecule has 25 heavy (non-hydrogen) atoms. The summed E-state index contributed by atoms with van der Waals surface area (Å²) in [6.45, 7) is 4.83. The third-order valence-electron chi connectivity index (χ3n) is 4.60. The molecular formula is C19H21N3O3. The van der Waals surface area contributed by atoms with Gasteiger partial charge in [0.25, 0.3) is 0 Å². The molecule has 0 unspecified atom stereocenters. The lowest BCUT2D eigenvalue weighted by Crippen LogP contribution is -2.34. The minimum Gasteiger partial charge on any atom is -0.465 e. The maximum Gasteiger partial charge on any atom is 0.407 e. The third-order valence-corrected chi connectivity index (χ3v) is 4.60. The molecular weight excluding hydrogens is 318 g/mol. The highest BCUT2D eigenvalue weighted by molar-refractivity contribution is 6.00. The number of rotatable bonds is 2. The summed E-state index contributed by atoms with van der Waals surface area (Å²) in [5.41, 5.74) is 5.69. The monoisotopic (exact) mass is 339 g/mol. The number of hydrogen-bond donors (Lipinski definition) is 3. The van der Waals surface area contributed by atoms with Crippen LogP contribution >= 0.6 is 0 Å². The Balaban J connectivity index is 1.68. The van der Waals surface area contributed by atoms with Crippen LogP contribution in [0.2, 0.25) is 0 Å². The number of anilines is 2. The maximum atomic E-state index is 12.2. The van der Waals surface area contributed by atoms with Gasteiger partial charge in [0, 0.05) is 24.5 Å².